The number of amides is 1. The Labute approximate surface area is 140 Å². The van der Waals surface area contributed by atoms with E-state index >= 15 is 0 Å². The molecule has 0 aliphatic carbocycles. The molecular weight excluding hydrogens is 312 g/mol. The molecule has 0 saturated carbocycles. The fourth-order valence-electron chi connectivity index (χ4n) is 2.11. The summed E-state index contributed by atoms with van der Waals surface area (Å²) in [5, 5.41) is 2.53. The Bertz CT molecular complexity index is 710. The zero-order valence-electron chi connectivity index (χ0n) is 13.5. The number of halogens is 2. The zero-order valence-corrected chi connectivity index (χ0v) is 13.5. The first-order chi connectivity index (χ1) is 11.5. The van der Waals surface area contributed by atoms with Crippen molar-refractivity contribution in [1.82, 2.24) is 0 Å². The molecule has 0 bridgehead atoms. The number of alkyl halides is 2. The summed E-state index contributed by atoms with van der Waals surface area (Å²) >= 11 is 0. The smallest absolute Gasteiger partial charge is 0.387 e. The van der Waals surface area contributed by atoms with Crippen molar-refractivity contribution < 1.29 is 18.3 Å². The monoisotopic (exact) mass is 331 g/mol. The van der Waals surface area contributed by atoms with E-state index in [1.807, 2.05) is 24.3 Å². The first-order valence-electron chi connectivity index (χ1n) is 7.58. The molecule has 0 aliphatic rings. The van der Waals surface area contributed by atoms with Crippen LogP contribution in [-0.2, 0) is 4.79 Å². The van der Waals surface area contributed by atoms with Gasteiger partial charge >= 0.3 is 6.61 Å². The van der Waals surface area contributed by atoms with Gasteiger partial charge in [-0.25, -0.2) is 0 Å². The third-order valence-corrected chi connectivity index (χ3v) is 3.39. The maximum absolute atomic E-state index is 12.3. The van der Waals surface area contributed by atoms with Crippen molar-refractivity contribution in [1.29, 1.82) is 0 Å². The number of anilines is 1. The van der Waals surface area contributed by atoms with Crippen LogP contribution in [0.1, 0.15) is 30.9 Å². The largest absolute Gasteiger partial charge is 0.433 e. The van der Waals surface area contributed by atoms with Gasteiger partial charge in [0.05, 0.1) is 5.69 Å². The van der Waals surface area contributed by atoms with Gasteiger partial charge in [0, 0.05) is 6.08 Å². The van der Waals surface area contributed by atoms with E-state index in [-0.39, 0.29) is 11.4 Å². The van der Waals surface area contributed by atoms with E-state index in [1.165, 1.54) is 23.8 Å². The van der Waals surface area contributed by atoms with Crippen LogP contribution in [0.5, 0.6) is 5.75 Å². The normalized spacial score (nSPS) is 11.2. The quantitative estimate of drug-likeness (QED) is 0.751. The van der Waals surface area contributed by atoms with E-state index < -0.39 is 12.5 Å². The first kappa shape index (κ1) is 17.7. The van der Waals surface area contributed by atoms with Gasteiger partial charge in [0.2, 0.25) is 5.91 Å². The summed E-state index contributed by atoms with van der Waals surface area (Å²) in [6, 6.07) is 13.9. The highest BCUT2D eigenvalue weighted by Crippen LogP contribution is 2.25. The summed E-state index contributed by atoms with van der Waals surface area (Å²) in [7, 11) is 0. The molecule has 2 aromatic carbocycles. The minimum absolute atomic E-state index is 0.0736. The van der Waals surface area contributed by atoms with Crippen LogP contribution in [0.15, 0.2) is 54.6 Å². The van der Waals surface area contributed by atoms with E-state index in [4.69, 9.17) is 0 Å². The van der Waals surface area contributed by atoms with Gasteiger partial charge in [0.25, 0.3) is 0 Å². The molecule has 1 N–H and O–H groups in total. The zero-order chi connectivity index (χ0) is 17.5. The van der Waals surface area contributed by atoms with Crippen molar-refractivity contribution in [2.24, 2.45) is 0 Å². The number of para-hydroxylation sites is 2. The molecule has 0 radical (unpaired) electrons. The van der Waals surface area contributed by atoms with Crippen LogP contribution in [0.2, 0.25) is 0 Å². The van der Waals surface area contributed by atoms with Crippen LogP contribution >= 0.6 is 0 Å². The lowest BCUT2D eigenvalue weighted by Crippen LogP contribution is -2.11. The number of benzene rings is 2. The van der Waals surface area contributed by atoms with E-state index in [9.17, 15) is 13.6 Å². The minimum Gasteiger partial charge on any atom is -0.433 e. The number of hydrogen-bond donors (Lipinski definition) is 1. The van der Waals surface area contributed by atoms with Gasteiger partial charge in [-0.15, -0.1) is 0 Å². The second-order valence-corrected chi connectivity index (χ2v) is 5.52. The standard InChI is InChI=1S/C19H19F2NO2/c1-13(2)15-10-7-14(8-11-15)9-12-18(23)22-16-5-3-4-6-17(16)24-19(20)21/h3-13,19H,1-2H3,(H,22,23). The molecule has 0 heterocycles. The van der Waals surface area contributed by atoms with Crippen molar-refractivity contribution in [3.63, 3.8) is 0 Å². The van der Waals surface area contributed by atoms with Crippen LogP contribution in [-0.4, -0.2) is 12.5 Å². The predicted octanol–water partition coefficient (Wildman–Crippen LogP) is 5.06. The van der Waals surface area contributed by atoms with Gasteiger partial charge in [-0.2, -0.15) is 8.78 Å². The van der Waals surface area contributed by atoms with Gasteiger partial charge in [0.1, 0.15) is 5.75 Å². The Balaban J connectivity index is 2.03. The molecule has 0 atom stereocenters. The van der Waals surface area contributed by atoms with E-state index in [0.717, 1.165) is 5.56 Å². The Morgan fingerprint density at radius 2 is 1.75 bits per heavy atom. The van der Waals surface area contributed by atoms with Gasteiger partial charge in [-0.1, -0.05) is 50.2 Å². The molecule has 0 unspecified atom stereocenters. The minimum atomic E-state index is -2.95. The average Bonchev–Trinajstić information content (AvgIpc) is 2.54. The number of carbonyl (C=O) groups is 1. The number of ether oxygens (including phenoxy) is 1. The molecule has 5 heteroatoms. The molecule has 0 aliphatic heterocycles. The second-order valence-electron chi connectivity index (χ2n) is 5.52. The Kier molecular flexibility index (Phi) is 6.07. The summed E-state index contributed by atoms with van der Waals surface area (Å²) in [4.78, 5) is 12.0. The molecule has 0 fully saturated rings. The molecule has 3 nitrogen and oxygen atoms in total. The topological polar surface area (TPSA) is 38.3 Å². The fraction of sp³-hybridized carbons (Fsp3) is 0.211. The number of carbonyl (C=O) groups excluding carboxylic acids is 1. The van der Waals surface area contributed by atoms with Gasteiger partial charge in [-0.05, 0) is 35.3 Å². The van der Waals surface area contributed by atoms with Crippen molar-refractivity contribution in [3.05, 3.63) is 65.7 Å². The van der Waals surface area contributed by atoms with E-state index in [1.54, 1.807) is 18.2 Å². The van der Waals surface area contributed by atoms with Crippen LogP contribution in [0.3, 0.4) is 0 Å². The second kappa shape index (κ2) is 8.24. The fourth-order valence-corrected chi connectivity index (χ4v) is 2.11. The van der Waals surface area contributed by atoms with Crippen molar-refractivity contribution in [2.45, 2.75) is 26.4 Å². The summed E-state index contributed by atoms with van der Waals surface area (Å²) < 4.78 is 29.1. The number of hydrogen-bond acceptors (Lipinski definition) is 2. The number of rotatable bonds is 6. The summed E-state index contributed by atoms with van der Waals surface area (Å²) in [6.07, 6.45) is 3.01. The molecule has 0 spiro atoms. The molecule has 2 rings (SSSR count). The highest BCUT2D eigenvalue weighted by Gasteiger charge is 2.10. The lowest BCUT2D eigenvalue weighted by Gasteiger charge is -2.10. The molecule has 1 amide bonds. The number of nitrogens with one attached hydrogen (secondary N) is 1. The van der Waals surface area contributed by atoms with E-state index in [2.05, 4.69) is 23.9 Å². The Morgan fingerprint density at radius 3 is 2.38 bits per heavy atom. The van der Waals surface area contributed by atoms with Gasteiger partial charge in [-0.3, -0.25) is 4.79 Å². The molecule has 126 valence electrons. The van der Waals surface area contributed by atoms with Crippen molar-refractivity contribution in [3.8, 4) is 5.75 Å². The predicted molar refractivity (Wildman–Crippen MR) is 91.3 cm³/mol. The highest BCUT2D eigenvalue weighted by atomic mass is 19.3. The average molecular weight is 331 g/mol. The van der Waals surface area contributed by atoms with E-state index in [0.29, 0.717) is 5.92 Å². The third kappa shape index (κ3) is 5.19. The summed E-state index contributed by atoms with van der Waals surface area (Å²) in [5.74, 6) is -0.0542. The maximum atomic E-state index is 12.3. The molecule has 0 saturated heterocycles. The highest BCUT2D eigenvalue weighted by molar-refractivity contribution is 6.02. The molecule has 2 aromatic rings. The molecular formula is C19H19F2NO2. The third-order valence-electron chi connectivity index (χ3n) is 3.39. The Hall–Kier alpha value is -2.69. The first-order valence-corrected chi connectivity index (χ1v) is 7.58. The van der Waals surface area contributed by atoms with Crippen LogP contribution in [0, 0.1) is 0 Å². The SMILES string of the molecule is CC(C)c1ccc(C=CC(=O)Nc2ccccc2OC(F)F)cc1. The van der Waals surface area contributed by atoms with Crippen LogP contribution in [0.4, 0.5) is 14.5 Å². The lowest BCUT2D eigenvalue weighted by atomic mass is 10.0. The molecule has 0 aromatic heterocycles. The maximum Gasteiger partial charge on any atom is 0.387 e. The Morgan fingerprint density at radius 1 is 1.08 bits per heavy atom. The van der Waals surface area contributed by atoms with Gasteiger partial charge < -0.3 is 10.1 Å². The van der Waals surface area contributed by atoms with Gasteiger partial charge in [0.15, 0.2) is 0 Å². The summed E-state index contributed by atoms with van der Waals surface area (Å²) in [6.45, 7) is 1.27. The van der Waals surface area contributed by atoms with Crippen LogP contribution in [0.25, 0.3) is 6.08 Å². The van der Waals surface area contributed by atoms with Crippen molar-refractivity contribution in [2.75, 3.05) is 5.32 Å². The van der Waals surface area contributed by atoms with Crippen LogP contribution < -0.4 is 10.1 Å². The van der Waals surface area contributed by atoms with Crippen molar-refractivity contribution >= 4 is 17.7 Å². The molecule has 24 heavy (non-hydrogen) atoms. The summed E-state index contributed by atoms with van der Waals surface area (Å²) in [5.41, 5.74) is 2.30. The lowest BCUT2D eigenvalue weighted by molar-refractivity contribution is -0.111.